The molecule has 1 unspecified atom stereocenters. The summed E-state index contributed by atoms with van der Waals surface area (Å²) >= 11 is 0. The molecule has 0 fully saturated rings. The highest BCUT2D eigenvalue weighted by Crippen LogP contribution is 2.31. The molecule has 1 amide bonds. The highest BCUT2D eigenvalue weighted by Gasteiger charge is 2.22. The Morgan fingerprint density at radius 1 is 1.17 bits per heavy atom. The monoisotopic (exact) mass is 508 g/mol. The third-order valence-corrected chi connectivity index (χ3v) is 4.72. The number of likely N-dealkylation sites (N-methyl/N-ethyl adjacent to an activating group) is 1. The summed E-state index contributed by atoms with van der Waals surface area (Å²) in [6, 6.07) is 16.4. The number of hydrogen-bond acceptors (Lipinski definition) is 3. The van der Waals surface area contributed by atoms with Crippen molar-refractivity contribution in [1.29, 1.82) is 0 Å². The third-order valence-electron chi connectivity index (χ3n) is 4.72. The molecule has 0 aromatic heterocycles. The molecule has 3 rings (SSSR count). The van der Waals surface area contributed by atoms with E-state index in [4.69, 9.17) is 9.73 Å². The Morgan fingerprint density at radius 2 is 1.90 bits per heavy atom. The van der Waals surface area contributed by atoms with Crippen LogP contribution >= 0.6 is 24.0 Å². The van der Waals surface area contributed by atoms with Crippen LogP contribution in [0.4, 0.5) is 0 Å². The van der Waals surface area contributed by atoms with Crippen LogP contribution in [0, 0.1) is 6.92 Å². The number of aliphatic imine (C=N–C) groups is 1. The Hall–Kier alpha value is -2.29. The van der Waals surface area contributed by atoms with Crippen LogP contribution in [0.3, 0.4) is 0 Å². The average Bonchev–Trinajstić information content (AvgIpc) is 2.71. The highest BCUT2D eigenvalue weighted by molar-refractivity contribution is 14.0. The van der Waals surface area contributed by atoms with E-state index in [0.29, 0.717) is 19.1 Å². The summed E-state index contributed by atoms with van der Waals surface area (Å²) in [5.41, 5.74) is 3.45. The van der Waals surface area contributed by atoms with Gasteiger partial charge in [-0.05, 0) is 18.6 Å². The van der Waals surface area contributed by atoms with Crippen molar-refractivity contribution in [3.8, 4) is 5.75 Å². The van der Waals surface area contributed by atoms with Gasteiger partial charge in [-0.3, -0.25) is 4.79 Å². The van der Waals surface area contributed by atoms with Gasteiger partial charge in [0.1, 0.15) is 5.75 Å². The van der Waals surface area contributed by atoms with Gasteiger partial charge in [-0.1, -0.05) is 48.0 Å². The summed E-state index contributed by atoms with van der Waals surface area (Å²) < 4.78 is 5.74. The largest absolute Gasteiger partial charge is 0.493 e. The topological polar surface area (TPSA) is 66.0 Å². The second kappa shape index (κ2) is 11.0. The van der Waals surface area contributed by atoms with Crippen LogP contribution in [-0.4, -0.2) is 44.0 Å². The second-order valence-corrected chi connectivity index (χ2v) is 7.16. The minimum atomic E-state index is -0.00258. The van der Waals surface area contributed by atoms with Crippen LogP contribution in [0.1, 0.15) is 29.2 Å². The Labute approximate surface area is 189 Å². The van der Waals surface area contributed by atoms with Crippen molar-refractivity contribution in [2.45, 2.75) is 25.9 Å². The van der Waals surface area contributed by atoms with Crippen molar-refractivity contribution in [3.63, 3.8) is 0 Å². The summed E-state index contributed by atoms with van der Waals surface area (Å²) in [4.78, 5) is 18.3. The number of nitrogens with one attached hydrogen (secondary N) is 2. The van der Waals surface area contributed by atoms with Crippen molar-refractivity contribution in [2.24, 2.45) is 4.99 Å². The summed E-state index contributed by atoms with van der Waals surface area (Å²) in [6.45, 7) is 3.45. The number of guanidine groups is 1. The van der Waals surface area contributed by atoms with E-state index in [0.717, 1.165) is 23.3 Å². The molecule has 0 radical (unpaired) electrons. The molecule has 0 spiro atoms. The van der Waals surface area contributed by atoms with Crippen LogP contribution in [0.2, 0.25) is 0 Å². The number of nitrogens with zero attached hydrogens (tertiary/aromatic N) is 2. The number of halogens is 1. The van der Waals surface area contributed by atoms with E-state index < -0.39 is 0 Å². The van der Waals surface area contributed by atoms with Gasteiger partial charge in [0.25, 0.3) is 0 Å². The molecule has 1 aliphatic rings. The first kappa shape index (κ1) is 23.0. The molecule has 0 aliphatic carbocycles. The number of hydrogen-bond donors (Lipinski definition) is 2. The zero-order valence-corrected chi connectivity index (χ0v) is 19.5. The van der Waals surface area contributed by atoms with E-state index in [9.17, 15) is 4.79 Å². The van der Waals surface area contributed by atoms with Crippen molar-refractivity contribution in [1.82, 2.24) is 15.5 Å². The first-order valence-electron chi connectivity index (χ1n) is 9.55. The molecule has 0 saturated heterocycles. The van der Waals surface area contributed by atoms with Crippen molar-refractivity contribution >= 4 is 35.8 Å². The lowest BCUT2D eigenvalue weighted by molar-refractivity contribution is -0.127. The van der Waals surface area contributed by atoms with Gasteiger partial charge in [0.15, 0.2) is 5.96 Å². The number of ether oxygens (including phenoxy) is 1. The van der Waals surface area contributed by atoms with E-state index in [1.54, 1.807) is 19.0 Å². The number of carbonyl (C=O) groups excluding carboxylic acids is 1. The Balaban J connectivity index is 0.00000300. The summed E-state index contributed by atoms with van der Waals surface area (Å²) in [6.07, 6.45) is 0.837. The molecule has 1 aliphatic heterocycles. The number of aryl methyl sites for hydroxylation is 1. The number of amides is 1. The number of rotatable bonds is 5. The molecular formula is C22H29IN4O2. The molecule has 0 saturated carbocycles. The fourth-order valence-electron chi connectivity index (χ4n) is 2.99. The normalized spacial score (nSPS) is 15.4. The SMILES string of the molecule is Cc1ccc(CN=C(NCC(=O)N(C)C)NC2CCOc3ccccc32)cc1.I. The Kier molecular flexibility index (Phi) is 8.75. The maximum absolute atomic E-state index is 12.0. The van der Waals surface area contributed by atoms with E-state index in [2.05, 4.69) is 47.9 Å². The molecule has 1 atom stereocenters. The average molecular weight is 508 g/mol. The van der Waals surface area contributed by atoms with Crippen LogP contribution in [0.25, 0.3) is 0 Å². The van der Waals surface area contributed by atoms with E-state index in [-0.39, 0.29) is 42.5 Å². The van der Waals surface area contributed by atoms with E-state index >= 15 is 0 Å². The predicted octanol–water partition coefficient (Wildman–Crippen LogP) is 3.26. The molecule has 1 heterocycles. The quantitative estimate of drug-likeness (QED) is 0.370. The van der Waals surface area contributed by atoms with E-state index in [1.807, 2.05) is 18.2 Å². The number of para-hydroxylation sites is 1. The molecule has 29 heavy (non-hydrogen) atoms. The maximum Gasteiger partial charge on any atom is 0.241 e. The highest BCUT2D eigenvalue weighted by atomic mass is 127. The standard InChI is InChI=1S/C22H28N4O2.HI/c1-16-8-10-17(11-9-16)14-23-22(24-15-21(27)26(2)3)25-19-12-13-28-20-7-5-4-6-18(19)20;/h4-11,19H,12-15H2,1-3H3,(H2,23,24,25);1H. The minimum Gasteiger partial charge on any atom is -0.493 e. The van der Waals surface area contributed by atoms with Gasteiger partial charge >= 0.3 is 0 Å². The fourth-order valence-corrected chi connectivity index (χ4v) is 2.99. The summed E-state index contributed by atoms with van der Waals surface area (Å²) in [5.74, 6) is 1.52. The Morgan fingerprint density at radius 3 is 2.62 bits per heavy atom. The predicted molar refractivity (Wildman–Crippen MR) is 127 cm³/mol. The summed E-state index contributed by atoms with van der Waals surface area (Å²) in [5, 5.41) is 6.64. The lowest BCUT2D eigenvalue weighted by Gasteiger charge is -2.28. The van der Waals surface area contributed by atoms with Crippen molar-refractivity contribution in [2.75, 3.05) is 27.2 Å². The number of fused-ring (bicyclic) bond motifs is 1. The summed E-state index contributed by atoms with van der Waals surface area (Å²) in [7, 11) is 3.49. The Bertz CT molecular complexity index is 837. The van der Waals surface area contributed by atoms with Gasteiger partial charge < -0.3 is 20.3 Å². The fraction of sp³-hybridized carbons (Fsp3) is 0.364. The van der Waals surface area contributed by atoms with Crippen LogP contribution in [0.15, 0.2) is 53.5 Å². The number of benzene rings is 2. The van der Waals surface area contributed by atoms with Gasteiger partial charge in [-0.2, -0.15) is 0 Å². The third kappa shape index (κ3) is 6.62. The zero-order chi connectivity index (χ0) is 19.9. The smallest absolute Gasteiger partial charge is 0.241 e. The molecular weight excluding hydrogens is 479 g/mol. The molecule has 6 nitrogen and oxygen atoms in total. The van der Waals surface area contributed by atoms with Gasteiger partial charge in [0.2, 0.25) is 5.91 Å². The first-order valence-corrected chi connectivity index (χ1v) is 9.55. The van der Waals surface area contributed by atoms with Gasteiger partial charge in [-0.25, -0.2) is 4.99 Å². The molecule has 2 N–H and O–H groups in total. The van der Waals surface area contributed by atoms with Crippen LogP contribution in [-0.2, 0) is 11.3 Å². The van der Waals surface area contributed by atoms with Crippen LogP contribution in [0.5, 0.6) is 5.75 Å². The molecule has 2 aromatic carbocycles. The van der Waals surface area contributed by atoms with Crippen molar-refractivity contribution < 1.29 is 9.53 Å². The van der Waals surface area contributed by atoms with Crippen LogP contribution < -0.4 is 15.4 Å². The van der Waals surface area contributed by atoms with Gasteiger partial charge in [0.05, 0.1) is 25.7 Å². The molecule has 7 heteroatoms. The first-order chi connectivity index (χ1) is 13.5. The molecule has 156 valence electrons. The van der Waals surface area contributed by atoms with Crippen molar-refractivity contribution in [3.05, 3.63) is 65.2 Å². The lowest BCUT2D eigenvalue weighted by Crippen LogP contribution is -2.45. The minimum absolute atomic E-state index is 0. The second-order valence-electron chi connectivity index (χ2n) is 7.16. The van der Waals surface area contributed by atoms with E-state index in [1.165, 1.54) is 5.56 Å². The molecule has 2 aromatic rings. The maximum atomic E-state index is 12.0. The lowest BCUT2D eigenvalue weighted by atomic mass is 10.0. The number of carbonyl (C=O) groups is 1. The van der Waals surface area contributed by atoms with Gasteiger partial charge in [0, 0.05) is 26.1 Å². The zero-order valence-electron chi connectivity index (χ0n) is 17.1. The molecule has 0 bridgehead atoms. The van der Waals surface area contributed by atoms with Gasteiger partial charge in [-0.15, -0.1) is 24.0 Å².